The van der Waals surface area contributed by atoms with Crippen LogP contribution in [0.2, 0.25) is 0 Å². The van der Waals surface area contributed by atoms with E-state index in [0.717, 1.165) is 31.7 Å². The number of hydrogen-bond acceptors (Lipinski definition) is 10. The van der Waals surface area contributed by atoms with Gasteiger partial charge in [-0.2, -0.15) is 14.6 Å². The second kappa shape index (κ2) is 9.37. The van der Waals surface area contributed by atoms with Crippen molar-refractivity contribution in [1.82, 2.24) is 19.9 Å². The zero-order valence-corrected chi connectivity index (χ0v) is 21.6. The highest BCUT2D eigenvalue weighted by molar-refractivity contribution is 7.92. The number of rotatable bonds is 5. The van der Waals surface area contributed by atoms with Gasteiger partial charge >= 0.3 is 0 Å². The van der Waals surface area contributed by atoms with E-state index >= 15 is 0 Å². The van der Waals surface area contributed by atoms with Gasteiger partial charge in [0, 0.05) is 66.2 Å². The Labute approximate surface area is 211 Å². The summed E-state index contributed by atoms with van der Waals surface area (Å²) < 4.78 is 16.2. The second-order valence-electron chi connectivity index (χ2n) is 9.64. The first-order valence-electron chi connectivity index (χ1n) is 11.7. The molecule has 0 radical (unpaired) electrons. The molecule has 1 aromatic carbocycles. The van der Waals surface area contributed by atoms with Gasteiger partial charge in [-0.15, -0.1) is 0 Å². The highest BCUT2D eigenvalue weighted by Gasteiger charge is 2.31. The Kier molecular flexibility index (Phi) is 6.24. The molecule has 2 aliphatic heterocycles. The summed E-state index contributed by atoms with van der Waals surface area (Å²) in [5, 5.41) is 16.0. The van der Waals surface area contributed by atoms with Crippen molar-refractivity contribution in [2.75, 3.05) is 55.2 Å². The van der Waals surface area contributed by atoms with Gasteiger partial charge in [-0.25, -0.2) is 14.2 Å². The molecule has 2 aliphatic rings. The first-order valence-corrected chi connectivity index (χ1v) is 14.0. The maximum absolute atomic E-state index is 12.0. The zero-order valence-electron chi connectivity index (χ0n) is 20.8. The third-order valence-electron chi connectivity index (χ3n) is 6.31. The minimum Gasteiger partial charge on any atom is -0.374 e. The number of anilines is 5. The molecule has 5 rings (SSSR count). The summed E-state index contributed by atoms with van der Waals surface area (Å²) in [6.07, 6.45) is 5.75. The van der Waals surface area contributed by atoms with Crippen molar-refractivity contribution in [2.24, 2.45) is 4.36 Å². The summed E-state index contributed by atoms with van der Waals surface area (Å²) in [5.41, 5.74) is 5.21. The maximum atomic E-state index is 12.0. The van der Waals surface area contributed by atoms with Crippen LogP contribution in [0, 0.1) is 11.3 Å². The van der Waals surface area contributed by atoms with Crippen LogP contribution in [-0.2, 0) is 16.3 Å². The summed E-state index contributed by atoms with van der Waals surface area (Å²) in [5.74, 6) is 2.04. The predicted octanol–water partition coefficient (Wildman–Crippen LogP) is 3.96. The zero-order chi connectivity index (χ0) is 25.4. The predicted molar refractivity (Wildman–Crippen MR) is 143 cm³/mol. The molecule has 10 nitrogen and oxygen atoms in total. The van der Waals surface area contributed by atoms with E-state index in [2.05, 4.69) is 72.0 Å². The molecular weight excluding hydrogens is 474 g/mol. The summed E-state index contributed by atoms with van der Waals surface area (Å²) in [6, 6.07) is 11.6. The average Bonchev–Trinajstić information content (AvgIpc) is 2.80. The largest absolute Gasteiger partial charge is 0.374 e. The Bertz CT molecular complexity index is 1480. The summed E-state index contributed by atoms with van der Waals surface area (Å²) in [7, 11) is 1.95. The molecule has 1 atom stereocenters. The summed E-state index contributed by atoms with van der Waals surface area (Å²) >= 11 is 0. The van der Waals surface area contributed by atoms with Gasteiger partial charge in [0.2, 0.25) is 5.95 Å². The number of likely N-dealkylation sites (N-methyl/N-ethyl adjacent to an activating group) is 1. The molecule has 4 heterocycles. The highest BCUT2D eigenvalue weighted by Crippen LogP contribution is 2.42. The molecule has 3 aromatic rings. The van der Waals surface area contributed by atoms with E-state index in [4.69, 9.17) is 0 Å². The normalized spacial score (nSPS) is 17.2. The van der Waals surface area contributed by atoms with Crippen molar-refractivity contribution in [3.8, 4) is 6.07 Å². The van der Waals surface area contributed by atoms with Gasteiger partial charge in [-0.05, 0) is 48.9 Å². The van der Waals surface area contributed by atoms with Gasteiger partial charge in [0.1, 0.15) is 17.5 Å². The SMILES string of the molecule is CN1Cc2cc(Nc3ncc(C#N)c(Nc4cccc(N=S(C)(C)=O)n4)n3)cc3c2C(CCN3C)C1. The molecule has 2 aromatic heterocycles. The molecule has 0 fully saturated rings. The van der Waals surface area contributed by atoms with E-state index in [9.17, 15) is 9.47 Å². The van der Waals surface area contributed by atoms with Crippen LogP contribution >= 0.6 is 0 Å². The van der Waals surface area contributed by atoms with Gasteiger partial charge in [0.25, 0.3) is 0 Å². The molecule has 186 valence electrons. The van der Waals surface area contributed by atoms with Crippen LogP contribution in [0.4, 0.5) is 34.8 Å². The fourth-order valence-electron chi connectivity index (χ4n) is 4.85. The Morgan fingerprint density at radius 2 is 2.03 bits per heavy atom. The fraction of sp³-hybridized carbons (Fsp3) is 0.360. The topological polar surface area (TPSA) is 122 Å². The van der Waals surface area contributed by atoms with E-state index in [1.54, 1.807) is 30.7 Å². The van der Waals surface area contributed by atoms with Gasteiger partial charge in [-0.3, -0.25) is 0 Å². The number of hydrogen-bond donors (Lipinski definition) is 2. The minimum absolute atomic E-state index is 0.282. The lowest BCUT2D eigenvalue weighted by Gasteiger charge is -2.40. The molecular formula is C25H29N9OS. The van der Waals surface area contributed by atoms with Gasteiger partial charge < -0.3 is 20.4 Å². The van der Waals surface area contributed by atoms with Crippen LogP contribution in [-0.4, -0.2) is 63.8 Å². The number of pyridine rings is 1. The van der Waals surface area contributed by atoms with Gasteiger partial charge in [0.15, 0.2) is 11.6 Å². The van der Waals surface area contributed by atoms with Crippen molar-refractivity contribution in [3.63, 3.8) is 0 Å². The van der Waals surface area contributed by atoms with Crippen molar-refractivity contribution < 1.29 is 4.21 Å². The van der Waals surface area contributed by atoms with Crippen molar-refractivity contribution >= 4 is 44.5 Å². The molecule has 0 aliphatic carbocycles. The standard InChI is InChI=1S/C25H29N9OS/c1-33-14-16-8-9-34(2)20-11-19(10-17(15-33)23(16)20)28-25-27-13-18(12-26)24(31-25)30-21-6-5-7-22(29-21)32-36(3,4)35/h5-7,10-11,13,16H,8-9,14-15H2,1-4H3,(H2,27,28,29,30,31). The van der Waals surface area contributed by atoms with E-state index in [-0.39, 0.29) is 5.56 Å². The van der Waals surface area contributed by atoms with Crippen LogP contribution in [0.1, 0.15) is 29.0 Å². The smallest absolute Gasteiger partial charge is 0.229 e. The Morgan fingerprint density at radius 3 is 2.81 bits per heavy atom. The second-order valence-corrected chi connectivity index (χ2v) is 12.2. The highest BCUT2D eigenvalue weighted by atomic mass is 32.2. The fourth-order valence-corrected chi connectivity index (χ4v) is 5.41. The lowest BCUT2D eigenvalue weighted by atomic mass is 9.83. The van der Waals surface area contributed by atoms with Crippen LogP contribution in [0.25, 0.3) is 0 Å². The molecule has 0 saturated heterocycles. The summed E-state index contributed by atoms with van der Waals surface area (Å²) in [6.45, 7) is 3.02. The Hall–Kier alpha value is -3.75. The quantitative estimate of drug-likeness (QED) is 0.532. The minimum atomic E-state index is -2.35. The van der Waals surface area contributed by atoms with Crippen molar-refractivity contribution in [1.29, 1.82) is 5.26 Å². The first-order chi connectivity index (χ1) is 17.2. The lowest BCUT2D eigenvalue weighted by molar-refractivity contribution is 0.272. The van der Waals surface area contributed by atoms with E-state index < -0.39 is 9.73 Å². The summed E-state index contributed by atoms with van der Waals surface area (Å²) in [4.78, 5) is 18.0. The first kappa shape index (κ1) is 24.0. The molecule has 2 N–H and O–H groups in total. The number of nitrogens with one attached hydrogen (secondary N) is 2. The van der Waals surface area contributed by atoms with Crippen LogP contribution in [0.5, 0.6) is 0 Å². The Balaban J connectivity index is 1.45. The van der Waals surface area contributed by atoms with E-state index in [1.807, 2.05) is 0 Å². The Morgan fingerprint density at radius 1 is 1.19 bits per heavy atom. The van der Waals surface area contributed by atoms with Gasteiger partial charge in [0.05, 0.1) is 6.20 Å². The number of benzene rings is 1. The monoisotopic (exact) mass is 503 g/mol. The maximum Gasteiger partial charge on any atom is 0.229 e. The van der Waals surface area contributed by atoms with Crippen LogP contribution in [0.15, 0.2) is 40.9 Å². The van der Waals surface area contributed by atoms with Crippen molar-refractivity contribution in [3.05, 3.63) is 53.2 Å². The van der Waals surface area contributed by atoms with Gasteiger partial charge in [-0.1, -0.05) is 6.07 Å². The third-order valence-corrected chi connectivity index (χ3v) is 6.93. The number of nitrogens with zero attached hydrogens (tertiary/aromatic N) is 7. The molecule has 0 bridgehead atoms. The van der Waals surface area contributed by atoms with E-state index in [1.165, 1.54) is 23.0 Å². The van der Waals surface area contributed by atoms with E-state index in [0.29, 0.717) is 29.3 Å². The number of aromatic nitrogens is 3. The third kappa shape index (κ3) is 5.10. The molecule has 1 unspecified atom stereocenters. The average molecular weight is 504 g/mol. The van der Waals surface area contributed by atoms with Crippen LogP contribution < -0.4 is 15.5 Å². The molecule has 0 spiro atoms. The number of nitriles is 1. The molecule has 36 heavy (non-hydrogen) atoms. The lowest BCUT2D eigenvalue weighted by Crippen LogP contribution is -2.37. The molecule has 0 amide bonds. The molecule has 0 saturated carbocycles. The van der Waals surface area contributed by atoms with Crippen molar-refractivity contribution in [2.45, 2.75) is 18.9 Å². The van der Waals surface area contributed by atoms with Crippen LogP contribution in [0.3, 0.4) is 0 Å². The molecule has 11 heteroatoms.